The van der Waals surface area contributed by atoms with Gasteiger partial charge in [-0.25, -0.2) is 4.39 Å². The molecule has 1 aliphatic carbocycles. The van der Waals surface area contributed by atoms with Crippen LogP contribution in [0, 0.1) is 0 Å². The van der Waals surface area contributed by atoms with Crippen molar-refractivity contribution in [3.8, 4) is 5.75 Å². The highest BCUT2D eigenvalue weighted by Gasteiger charge is 2.41. The Bertz CT molecular complexity index is 569. The minimum atomic E-state index is -2.89. The number of likely N-dealkylation sites (tertiary alicyclic amines) is 1. The summed E-state index contributed by atoms with van der Waals surface area (Å²) < 4.78 is 43.2. The van der Waals surface area contributed by atoms with Crippen LogP contribution in [0.1, 0.15) is 42.9 Å². The maximum absolute atomic E-state index is 13.4. The molecule has 3 N–H and O–H groups in total. The summed E-state index contributed by atoms with van der Waals surface area (Å²) in [6.45, 7) is -0.540. The number of alkyl halides is 3. The number of β-amino-alcohol motifs (C(OH)–C–C–N with tert-alkyl or cyclic N) is 1. The zero-order valence-electron chi connectivity index (χ0n) is 13.5. The van der Waals surface area contributed by atoms with E-state index in [1.165, 1.54) is 0 Å². The fourth-order valence-electron chi connectivity index (χ4n) is 3.61. The van der Waals surface area contributed by atoms with E-state index in [0.717, 1.165) is 18.4 Å². The monoisotopic (exact) mass is 344 g/mol. The van der Waals surface area contributed by atoms with Gasteiger partial charge in [0.1, 0.15) is 11.9 Å². The Morgan fingerprint density at radius 2 is 2.00 bits per heavy atom. The van der Waals surface area contributed by atoms with Crippen LogP contribution in [-0.2, 0) is 0 Å². The molecule has 1 aromatic carbocycles. The van der Waals surface area contributed by atoms with Gasteiger partial charge in [0.25, 0.3) is 0 Å². The predicted molar refractivity (Wildman–Crippen MR) is 83.9 cm³/mol. The zero-order valence-corrected chi connectivity index (χ0v) is 13.5. The number of aliphatic hydroxyl groups is 1. The second kappa shape index (κ2) is 6.90. The van der Waals surface area contributed by atoms with Gasteiger partial charge in [0, 0.05) is 30.7 Å². The van der Waals surface area contributed by atoms with Crippen molar-refractivity contribution in [3.05, 3.63) is 29.3 Å². The maximum atomic E-state index is 13.4. The summed E-state index contributed by atoms with van der Waals surface area (Å²) in [6, 6.07) is 5.12. The summed E-state index contributed by atoms with van der Waals surface area (Å²) in [4.78, 5) is 1.97. The van der Waals surface area contributed by atoms with E-state index in [0.29, 0.717) is 12.1 Å². The van der Waals surface area contributed by atoms with E-state index in [1.54, 1.807) is 19.1 Å². The molecule has 4 nitrogen and oxygen atoms in total. The Labute approximate surface area is 139 Å². The van der Waals surface area contributed by atoms with E-state index in [-0.39, 0.29) is 24.3 Å². The van der Waals surface area contributed by atoms with Crippen LogP contribution in [0.4, 0.5) is 13.2 Å². The molecule has 1 aliphatic heterocycles. The van der Waals surface area contributed by atoms with Gasteiger partial charge in [-0.1, -0.05) is 12.1 Å². The highest BCUT2D eigenvalue weighted by atomic mass is 19.3. The van der Waals surface area contributed by atoms with E-state index in [9.17, 15) is 18.3 Å². The summed E-state index contributed by atoms with van der Waals surface area (Å²) in [5, 5.41) is 9.51. The lowest BCUT2D eigenvalue weighted by atomic mass is 9.75. The molecule has 0 bridgehead atoms. The molecule has 1 heterocycles. The van der Waals surface area contributed by atoms with Crippen molar-refractivity contribution in [1.82, 2.24) is 4.90 Å². The van der Waals surface area contributed by atoms with Crippen molar-refractivity contribution >= 4 is 0 Å². The average molecular weight is 344 g/mol. The Hall–Kier alpha value is -1.31. The van der Waals surface area contributed by atoms with E-state index in [4.69, 9.17) is 5.73 Å². The molecular formula is C17H23F3N2O2. The lowest BCUT2D eigenvalue weighted by Crippen LogP contribution is -2.43. The van der Waals surface area contributed by atoms with Crippen LogP contribution in [0.3, 0.4) is 0 Å². The Morgan fingerprint density at radius 1 is 1.29 bits per heavy atom. The Balaban J connectivity index is 1.66. The molecule has 0 radical (unpaired) electrons. The van der Waals surface area contributed by atoms with Gasteiger partial charge >= 0.3 is 6.61 Å². The van der Waals surface area contributed by atoms with Gasteiger partial charge in [0.05, 0.1) is 6.10 Å². The second-order valence-electron chi connectivity index (χ2n) is 6.82. The number of rotatable bonds is 5. The number of aliphatic hydroxyl groups excluding tert-OH is 1. The fraction of sp³-hybridized carbons (Fsp3) is 0.647. The standard InChI is InChI=1S/C17H23F3N2O2/c1-9(21)13-3-2-10(6-16(13)24-17(19)20)11-4-12(5-11)22-7-14(18)15(23)8-22/h2-3,6,9,11-12,14-15,17,23H,4-5,7-8,21H2,1H3/t9-,11?,12?,14-,15+/m0/s1. The summed E-state index contributed by atoms with van der Waals surface area (Å²) in [7, 11) is 0. The average Bonchev–Trinajstić information content (AvgIpc) is 2.75. The molecule has 134 valence electrons. The van der Waals surface area contributed by atoms with Crippen LogP contribution in [0.15, 0.2) is 18.2 Å². The summed E-state index contributed by atoms with van der Waals surface area (Å²) in [6.07, 6.45) is -0.434. The lowest BCUT2D eigenvalue weighted by molar-refractivity contribution is -0.0506. The van der Waals surface area contributed by atoms with Crippen molar-refractivity contribution in [2.24, 2.45) is 5.73 Å². The molecule has 24 heavy (non-hydrogen) atoms. The molecule has 0 unspecified atom stereocenters. The maximum Gasteiger partial charge on any atom is 0.387 e. The van der Waals surface area contributed by atoms with Crippen molar-refractivity contribution in [1.29, 1.82) is 0 Å². The van der Waals surface area contributed by atoms with E-state index in [2.05, 4.69) is 4.74 Å². The fourth-order valence-corrected chi connectivity index (χ4v) is 3.61. The Morgan fingerprint density at radius 3 is 2.54 bits per heavy atom. The number of halogens is 3. The first-order valence-corrected chi connectivity index (χ1v) is 8.25. The topological polar surface area (TPSA) is 58.7 Å². The van der Waals surface area contributed by atoms with E-state index in [1.807, 2.05) is 11.0 Å². The first kappa shape index (κ1) is 17.5. The van der Waals surface area contributed by atoms with Gasteiger partial charge < -0.3 is 15.6 Å². The molecule has 0 spiro atoms. The van der Waals surface area contributed by atoms with Crippen molar-refractivity contribution in [2.75, 3.05) is 13.1 Å². The van der Waals surface area contributed by atoms with E-state index < -0.39 is 24.9 Å². The normalized spacial score (nSPS) is 32.0. The third kappa shape index (κ3) is 3.53. The van der Waals surface area contributed by atoms with Crippen LogP contribution in [0.5, 0.6) is 5.75 Å². The van der Waals surface area contributed by atoms with Crippen molar-refractivity contribution < 1.29 is 23.0 Å². The van der Waals surface area contributed by atoms with Gasteiger partial charge in [0.2, 0.25) is 0 Å². The van der Waals surface area contributed by atoms with Crippen molar-refractivity contribution in [3.63, 3.8) is 0 Å². The number of hydrogen-bond donors (Lipinski definition) is 2. The lowest BCUT2D eigenvalue weighted by Gasteiger charge is -2.41. The minimum absolute atomic E-state index is 0.126. The molecular weight excluding hydrogens is 321 g/mol. The number of benzene rings is 1. The molecule has 2 aliphatic rings. The largest absolute Gasteiger partial charge is 0.434 e. The molecule has 1 aromatic rings. The second-order valence-corrected chi connectivity index (χ2v) is 6.82. The van der Waals surface area contributed by atoms with Gasteiger partial charge in [0.15, 0.2) is 0 Å². The summed E-state index contributed by atoms with van der Waals surface area (Å²) in [5.41, 5.74) is 7.29. The quantitative estimate of drug-likeness (QED) is 0.862. The predicted octanol–water partition coefficient (Wildman–Crippen LogP) is 2.57. The van der Waals surface area contributed by atoms with Gasteiger partial charge in [-0.3, -0.25) is 4.90 Å². The first-order valence-electron chi connectivity index (χ1n) is 8.25. The molecule has 7 heteroatoms. The zero-order chi connectivity index (χ0) is 17.4. The highest BCUT2D eigenvalue weighted by molar-refractivity contribution is 5.41. The molecule has 0 aromatic heterocycles. The number of ether oxygens (including phenoxy) is 1. The molecule has 1 saturated heterocycles. The van der Waals surface area contributed by atoms with Crippen molar-refractivity contribution in [2.45, 2.75) is 56.7 Å². The molecule has 0 amide bonds. The molecule has 3 atom stereocenters. The smallest absolute Gasteiger partial charge is 0.387 e. The van der Waals surface area contributed by atoms with Gasteiger partial charge in [-0.05, 0) is 37.3 Å². The van der Waals surface area contributed by atoms with Gasteiger partial charge in [-0.15, -0.1) is 0 Å². The molecule has 3 rings (SSSR count). The number of hydrogen-bond acceptors (Lipinski definition) is 4. The molecule has 1 saturated carbocycles. The third-order valence-corrected chi connectivity index (χ3v) is 5.09. The molecule has 2 fully saturated rings. The van der Waals surface area contributed by atoms with Crippen LogP contribution in [-0.4, -0.2) is 48.0 Å². The van der Waals surface area contributed by atoms with E-state index >= 15 is 0 Å². The van der Waals surface area contributed by atoms with Gasteiger partial charge in [-0.2, -0.15) is 8.78 Å². The van der Waals surface area contributed by atoms with Crippen LogP contribution >= 0.6 is 0 Å². The van der Waals surface area contributed by atoms with Crippen LogP contribution in [0.25, 0.3) is 0 Å². The summed E-state index contributed by atoms with van der Waals surface area (Å²) >= 11 is 0. The number of nitrogens with two attached hydrogens (primary N) is 1. The SMILES string of the molecule is C[C@H](N)c1ccc(C2CC(N3C[C@@H](O)[C@@H](F)C3)C2)cc1OC(F)F. The Kier molecular flexibility index (Phi) is 5.03. The van der Waals surface area contributed by atoms with Crippen LogP contribution in [0.2, 0.25) is 0 Å². The summed E-state index contributed by atoms with van der Waals surface area (Å²) in [5.74, 6) is 0.356. The first-order chi connectivity index (χ1) is 11.3. The minimum Gasteiger partial charge on any atom is -0.434 e. The third-order valence-electron chi connectivity index (χ3n) is 5.09. The highest BCUT2D eigenvalue weighted by Crippen LogP contribution is 2.43. The van der Waals surface area contributed by atoms with Crippen LogP contribution < -0.4 is 10.5 Å². The number of nitrogens with zero attached hydrogens (tertiary/aromatic N) is 1.